The average Bonchev–Trinajstić information content (AvgIpc) is 2.03. The largest absolute Gasteiger partial charge is 0.378 e. The highest BCUT2D eigenvalue weighted by Crippen LogP contribution is 2.14. The molecule has 0 saturated carbocycles. The third-order valence-corrected chi connectivity index (χ3v) is 5.08. The summed E-state index contributed by atoms with van der Waals surface area (Å²) in [5, 5.41) is 1.61. The third kappa shape index (κ3) is 5.48. The fourth-order valence-corrected chi connectivity index (χ4v) is 1.85. The first-order valence-corrected chi connectivity index (χ1v) is 9.34. The molecule has 0 saturated heterocycles. The van der Waals surface area contributed by atoms with Gasteiger partial charge in [-0.25, -0.2) is 0 Å². The third-order valence-electron chi connectivity index (χ3n) is 2.58. The molecule has 0 radical (unpaired) electrons. The van der Waals surface area contributed by atoms with Gasteiger partial charge in [0.2, 0.25) is 0 Å². The molecular formula is C12H27NSi. The summed E-state index contributed by atoms with van der Waals surface area (Å²) in [6.45, 7) is 16.4. The van der Waals surface area contributed by atoms with E-state index < -0.39 is 8.07 Å². The predicted molar refractivity (Wildman–Crippen MR) is 69.3 cm³/mol. The van der Waals surface area contributed by atoms with Crippen LogP contribution in [-0.2, 0) is 0 Å². The minimum atomic E-state index is -1.06. The van der Waals surface area contributed by atoms with Crippen LogP contribution < -0.4 is 0 Å². The highest BCUT2D eigenvalue weighted by molar-refractivity contribution is 6.82. The van der Waals surface area contributed by atoms with Gasteiger partial charge in [-0.05, 0) is 26.0 Å². The first-order chi connectivity index (χ1) is 6.41. The Morgan fingerprint density at radius 3 is 1.79 bits per heavy atom. The van der Waals surface area contributed by atoms with Crippen molar-refractivity contribution >= 4 is 8.07 Å². The minimum Gasteiger partial charge on any atom is -0.378 e. The fourth-order valence-electron chi connectivity index (χ4n) is 1.28. The number of rotatable bonds is 6. The van der Waals surface area contributed by atoms with Crippen LogP contribution >= 0.6 is 0 Å². The van der Waals surface area contributed by atoms with E-state index in [1.54, 1.807) is 5.20 Å². The number of hydrogen-bond acceptors (Lipinski definition) is 1. The maximum atomic E-state index is 2.48. The Balaban J connectivity index is 4.38. The van der Waals surface area contributed by atoms with Crippen molar-refractivity contribution < 1.29 is 0 Å². The lowest BCUT2D eigenvalue weighted by Crippen LogP contribution is -2.27. The molecular weight excluding hydrogens is 186 g/mol. The van der Waals surface area contributed by atoms with E-state index in [9.17, 15) is 0 Å². The lowest BCUT2D eigenvalue weighted by Gasteiger charge is -2.24. The molecule has 0 aliphatic heterocycles. The Hall–Kier alpha value is -0.243. The highest BCUT2D eigenvalue weighted by atomic mass is 28.3. The van der Waals surface area contributed by atoms with Gasteiger partial charge in [0.05, 0.1) is 8.07 Å². The molecule has 14 heavy (non-hydrogen) atoms. The van der Waals surface area contributed by atoms with Crippen LogP contribution in [0.15, 0.2) is 11.4 Å². The van der Waals surface area contributed by atoms with E-state index >= 15 is 0 Å². The zero-order chi connectivity index (χ0) is 11.2. The van der Waals surface area contributed by atoms with Crippen LogP contribution in [0.2, 0.25) is 19.6 Å². The van der Waals surface area contributed by atoms with E-state index in [2.05, 4.69) is 51.5 Å². The smallest absolute Gasteiger partial charge is 0.0739 e. The van der Waals surface area contributed by atoms with Crippen LogP contribution in [-0.4, -0.2) is 26.1 Å². The van der Waals surface area contributed by atoms with Gasteiger partial charge in [0.1, 0.15) is 0 Å². The summed E-state index contributed by atoms with van der Waals surface area (Å²) in [6.07, 6.45) is 4.89. The molecule has 0 aromatic rings. The van der Waals surface area contributed by atoms with E-state index in [0.717, 1.165) is 0 Å². The van der Waals surface area contributed by atoms with Crippen LogP contribution in [0.4, 0.5) is 0 Å². The molecule has 0 aliphatic carbocycles. The number of allylic oxidation sites excluding steroid dienone is 1. The average molecular weight is 213 g/mol. The molecule has 0 aromatic heterocycles. The van der Waals surface area contributed by atoms with Crippen LogP contribution in [0.25, 0.3) is 0 Å². The molecule has 0 N–H and O–H groups in total. The van der Waals surface area contributed by atoms with Gasteiger partial charge in [-0.2, -0.15) is 0 Å². The molecule has 0 spiro atoms. The summed E-state index contributed by atoms with van der Waals surface area (Å²) in [5.74, 6) is 0. The standard InChI is InChI=1S/C12H27NSi/c1-7-9-13(10-8-2)11-12(3)14(4,5)6/h11H,7-10H2,1-6H3. The molecule has 84 valence electrons. The Kier molecular flexibility index (Phi) is 6.17. The van der Waals surface area contributed by atoms with Gasteiger partial charge in [-0.1, -0.05) is 38.7 Å². The molecule has 0 fully saturated rings. The monoisotopic (exact) mass is 213 g/mol. The normalized spacial score (nSPS) is 13.1. The summed E-state index contributed by atoms with van der Waals surface area (Å²) >= 11 is 0. The van der Waals surface area contributed by atoms with Gasteiger partial charge in [0, 0.05) is 13.1 Å². The first-order valence-electron chi connectivity index (χ1n) is 5.84. The number of nitrogens with zero attached hydrogens (tertiary/aromatic N) is 1. The van der Waals surface area contributed by atoms with Crippen molar-refractivity contribution in [3.05, 3.63) is 11.4 Å². The van der Waals surface area contributed by atoms with Gasteiger partial charge in [-0.3, -0.25) is 0 Å². The Bertz CT molecular complexity index is 173. The van der Waals surface area contributed by atoms with Crippen molar-refractivity contribution in [2.45, 2.75) is 53.3 Å². The van der Waals surface area contributed by atoms with E-state index in [1.807, 2.05) is 0 Å². The van der Waals surface area contributed by atoms with Gasteiger partial charge in [0.15, 0.2) is 0 Å². The zero-order valence-electron chi connectivity index (χ0n) is 10.9. The van der Waals surface area contributed by atoms with E-state index in [0.29, 0.717) is 0 Å². The molecule has 0 rings (SSSR count). The maximum Gasteiger partial charge on any atom is 0.0739 e. The van der Waals surface area contributed by atoms with E-state index in [1.165, 1.54) is 25.9 Å². The van der Waals surface area contributed by atoms with Crippen molar-refractivity contribution in [3.63, 3.8) is 0 Å². The second kappa shape index (κ2) is 6.28. The zero-order valence-corrected chi connectivity index (χ0v) is 11.9. The van der Waals surface area contributed by atoms with Crippen molar-refractivity contribution in [3.8, 4) is 0 Å². The van der Waals surface area contributed by atoms with Gasteiger partial charge < -0.3 is 4.90 Å². The Morgan fingerprint density at radius 1 is 1.07 bits per heavy atom. The van der Waals surface area contributed by atoms with Gasteiger partial charge >= 0.3 is 0 Å². The summed E-state index contributed by atoms with van der Waals surface area (Å²) in [5.41, 5.74) is 0. The van der Waals surface area contributed by atoms with E-state index in [-0.39, 0.29) is 0 Å². The summed E-state index contributed by atoms with van der Waals surface area (Å²) in [4.78, 5) is 2.48. The SMILES string of the molecule is CCCN(C=C(C)[Si](C)(C)C)CCC. The second-order valence-corrected chi connectivity index (χ2v) is 10.4. The summed E-state index contributed by atoms with van der Waals surface area (Å²) < 4.78 is 0. The Morgan fingerprint density at radius 2 is 1.50 bits per heavy atom. The first kappa shape index (κ1) is 13.8. The topological polar surface area (TPSA) is 3.24 Å². The van der Waals surface area contributed by atoms with Gasteiger partial charge in [0.25, 0.3) is 0 Å². The van der Waals surface area contributed by atoms with E-state index in [4.69, 9.17) is 0 Å². The Labute approximate surface area is 91.2 Å². The summed E-state index contributed by atoms with van der Waals surface area (Å²) in [7, 11) is -1.06. The quantitative estimate of drug-likeness (QED) is 0.605. The van der Waals surface area contributed by atoms with Crippen molar-refractivity contribution in [1.82, 2.24) is 4.90 Å². The molecule has 0 atom stereocenters. The van der Waals surface area contributed by atoms with Crippen LogP contribution in [0, 0.1) is 0 Å². The van der Waals surface area contributed by atoms with Crippen LogP contribution in [0.3, 0.4) is 0 Å². The summed E-state index contributed by atoms with van der Waals surface area (Å²) in [6, 6.07) is 0. The maximum absolute atomic E-state index is 2.48. The molecule has 0 heterocycles. The predicted octanol–water partition coefficient (Wildman–Crippen LogP) is 3.89. The minimum absolute atomic E-state index is 1.06. The lowest BCUT2D eigenvalue weighted by atomic mass is 10.4. The number of hydrogen-bond donors (Lipinski definition) is 0. The van der Waals surface area contributed by atoms with Crippen molar-refractivity contribution in [2.75, 3.05) is 13.1 Å². The molecule has 0 bridgehead atoms. The molecule has 0 unspecified atom stereocenters. The second-order valence-electron chi connectivity index (χ2n) is 5.10. The van der Waals surface area contributed by atoms with Crippen molar-refractivity contribution in [2.24, 2.45) is 0 Å². The fraction of sp³-hybridized carbons (Fsp3) is 0.833. The highest BCUT2D eigenvalue weighted by Gasteiger charge is 2.15. The molecule has 0 aliphatic rings. The molecule has 1 nitrogen and oxygen atoms in total. The van der Waals surface area contributed by atoms with Crippen molar-refractivity contribution in [1.29, 1.82) is 0 Å². The van der Waals surface area contributed by atoms with Crippen LogP contribution in [0.1, 0.15) is 33.6 Å². The van der Waals surface area contributed by atoms with Gasteiger partial charge in [-0.15, -0.1) is 0 Å². The van der Waals surface area contributed by atoms with Crippen LogP contribution in [0.5, 0.6) is 0 Å². The lowest BCUT2D eigenvalue weighted by molar-refractivity contribution is 0.374. The molecule has 0 amide bonds. The molecule has 2 heteroatoms. The molecule has 0 aromatic carbocycles.